The van der Waals surface area contributed by atoms with Gasteiger partial charge in [-0.3, -0.25) is 9.78 Å². The van der Waals surface area contributed by atoms with Crippen molar-refractivity contribution in [3.8, 4) is 0 Å². The summed E-state index contributed by atoms with van der Waals surface area (Å²) >= 11 is 0. The number of likely N-dealkylation sites (tertiary alicyclic amines) is 1. The first-order chi connectivity index (χ1) is 12.2. The van der Waals surface area contributed by atoms with Gasteiger partial charge in [-0.1, -0.05) is 18.2 Å². The number of nitrogens with zero attached hydrogens (tertiary/aromatic N) is 2. The van der Waals surface area contributed by atoms with E-state index in [4.69, 9.17) is 0 Å². The molecular formula is C20H27Cl2N3O2. The highest BCUT2D eigenvalue weighted by atomic mass is 35.5. The number of pyridine rings is 1. The van der Waals surface area contributed by atoms with Crippen LogP contribution < -0.4 is 5.32 Å². The number of β-amino-alcohol motifs (C(OH)–C–C–N with tert-alkyl or cyclic N) is 1. The number of hydrogen-bond acceptors (Lipinski definition) is 4. The average molecular weight is 412 g/mol. The fourth-order valence-corrected chi connectivity index (χ4v) is 4.18. The molecule has 1 aromatic heterocycles. The second-order valence-corrected chi connectivity index (χ2v) is 7.29. The third-order valence-electron chi connectivity index (χ3n) is 5.63. The molecule has 0 unspecified atom stereocenters. The second kappa shape index (κ2) is 9.69. The number of amides is 1. The highest BCUT2D eigenvalue weighted by molar-refractivity contribution is 5.85. The number of aliphatic hydroxyl groups excluding tert-OH is 1. The van der Waals surface area contributed by atoms with Crippen LogP contribution in [0.5, 0.6) is 0 Å². The average Bonchev–Trinajstić information content (AvgIpc) is 3.03. The highest BCUT2D eigenvalue weighted by Crippen LogP contribution is 2.27. The van der Waals surface area contributed by atoms with Gasteiger partial charge in [-0.2, -0.15) is 0 Å². The van der Waals surface area contributed by atoms with Crippen molar-refractivity contribution in [2.75, 3.05) is 26.2 Å². The van der Waals surface area contributed by atoms with Crippen LogP contribution in [0.4, 0.5) is 0 Å². The first kappa shape index (κ1) is 21.9. The lowest BCUT2D eigenvalue weighted by atomic mass is 9.94. The maximum Gasteiger partial charge on any atom is 0.225 e. The molecule has 148 valence electrons. The van der Waals surface area contributed by atoms with E-state index in [9.17, 15) is 9.90 Å². The fourth-order valence-electron chi connectivity index (χ4n) is 4.18. The maximum absolute atomic E-state index is 12.7. The van der Waals surface area contributed by atoms with Gasteiger partial charge in [-0.05, 0) is 50.0 Å². The molecule has 2 aliphatic heterocycles. The number of piperidine rings is 1. The van der Waals surface area contributed by atoms with Gasteiger partial charge >= 0.3 is 0 Å². The number of nitrogens with one attached hydrogen (secondary N) is 1. The lowest BCUT2D eigenvalue weighted by Gasteiger charge is -2.26. The van der Waals surface area contributed by atoms with E-state index in [1.54, 1.807) is 0 Å². The molecule has 2 aliphatic rings. The number of rotatable bonds is 3. The van der Waals surface area contributed by atoms with Crippen molar-refractivity contribution in [3.05, 3.63) is 42.1 Å². The molecule has 2 atom stereocenters. The summed E-state index contributed by atoms with van der Waals surface area (Å²) in [7, 11) is 0. The van der Waals surface area contributed by atoms with Crippen molar-refractivity contribution in [2.24, 2.45) is 11.8 Å². The molecule has 2 N–H and O–H groups in total. The molecule has 0 spiro atoms. The van der Waals surface area contributed by atoms with E-state index in [0.29, 0.717) is 13.1 Å². The number of fused-ring (bicyclic) bond motifs is 1. The molecule has 4 rings (SSSR count). The summed E-state index contributed by atoms with van der Waals surface area (Å²) in [5.41, 5.74) is 2.18. The summed E-state index contributed by atoms with van der Waals surface area (Å²) in [4.78, 5) is 19.0. The third-order valence-corrected chi connectivity index (χ3v) is 5.63. The Bertz CT molecular complexity index is 762. The number of carbonyl (C=O) groups is 1. The van der Waals surface area contributed by atoms with Crippen LogP contribution in [0, 0.1) is 11.8 Å². The van der Waals surface area contributed by atoms with E-state index in [0.717, 1.165) is 43.3 Å². The monoisotopic (exact) mass is 411 g/mol. The number of carbonyl (C=O) groups excluding carboxylic acids is 1. The molecule has 27 heavy (non-hydrogen) atoms. The molecule has 2 saturated heterocycles. The van der Waals surface area contributed by atoms with Gasteiger partial charge in [0.25, 0.3) is 0 Å². The van der Waals surface area contributed by atoms with Crippen LogP contribution in [-0.2, 0) is 11.2 Å². The number of benzene rings is 1. The molecule has 5 nitrogen and oxygen atoms in total. The van der Waals surface area contributed by atoms with Crippen molar-refractivity contribution in [2.45, 2.75) is 25.4 Å². The quantitative estimate of drug-likeness (QED) is 0.813. The second-order valence-electron chi connectivity index (χ2n) is 7.29. The highest BCUT2D eigenvalue weighted by Gasteiger charge is 2.36. The molecule has 1 aromatic carbocycles. The van der Waals surface area contributed by atoms with Gasteiger partial charge in [-0.15, -0.1) is 24.8 Å². The fraction of sp³-hybridized carbons (Fsp3) is 0.500. The van der Waals surface area contributed by atoms with E-state index in [2.05, 4.69) is 16.4 Å². The minimum Gasteiger partial charge on any atom is -0.391 e. The minimum atomic E-state index is -0.447. The van der Waals surface area contributed by atoms with Gasteiger partial charge in [0, 0.05) is 36.5 Å². The first-order valence-corrected chi connectivity index (χ1v) is 9.22. The van der Waals surface area contributed by atoms with Crippen molar-refractivity contribution in [1.82, 2.24) is 15.2 Å². The molecule has 7 heteroatoms. The zero-order chi connectivity index (χ0) is 17.2. The number of para-hydroxylation sites is 1. The largest absolute Gasteiger partial charge is 0.391 e. The standard InChI is InChI=1S/C20H25N3O2.2ClH/c24-19-13-23(20(25)14-5-8-21-9-6-14)12-16(19)11-15-7-10-22-18-4-2-1-3-17(15)18;;/h1-4,7,10,14,16,19,21,24H,5-6,8-9,11-13H2;2*1H/t16-,19-;;/m1../s1. The summed E-state index contributed by atoms with van der Waals surface area (Å²) in [5.74, 6) is 0.438. The Balaban J connectivity index is 0.00000131. The maximum atomic E-state index is 12.7. The first-order valence-electron chi connectivity index (χ1n) is 9.22. The molecule has 3 heterocycles. The minimum absolute atomic E-state index is 0. The SMILES string of the molecule is Cl.Cl.O=C(C1CCNCC1)N1C[C@@H](Cc2ccnc3ccccc23)[C@H](O)C1. The number of halogens is 2. The summed E-state index contributed by atoms with van der Waals surface area (Å²) in [6, 6.07) is 10.1. The van der Waals surface area contributed by atoms with Crippen LogP contribution in [0.2, 0.25) is 0 Å². The molecule has 0 bridgehead atoms. The van der Waals surface area contributed by atoms with Crippen LogP contribution in [0.25, 0.3) is 10.9 Å². The Labute approximate surface area is 172 Å². The Morgan fingerprint density at radius 2 is 1.89 bits per heavy atom. The molecule has 0 radical (unpaired) electrons. The van der Waals surface area contributed by atoms with E-state index >= 15 is 0 Å². The summed E-state index contributed by atoms with van der Waals surface area (Å²) in [6.07, 6.45) is 3.98. The Morgan fingerprint density at radius 3 is 2.67 bits per heavy atom. The smallest absolute Gasteiger partial charge is 0.225 e. The Hall–Kier alpha value is -1.40. The molecule has 0 saturated carbocycles. The van der Waals surface area contributed by atoms with Gasteiger partial charge in [0.2, 0.25) is 5.91 Å². The number of hydrogen-bond donors (Lipinski definition) is 2. The van der Waals surface area contributed by atoms with Gasteiger partial charge in [0.05, 0.1) is 11.6 Å². The van der Waals surface area contributed by atoms with Gasteiger partial charge in [0.15, 0.2) is 0 Å². The zero-order valence-corrected chi connectivity index (χ0v) is 16.8. The predicted molar refractivity (Wildman–Crippen MR) is 112 cm³/mol. The van der Waals surface area contributed by atoms with Crippen molar-refractivity contribution < 1.29 is 9.90 Å². The normalized spacial score (nSPS) is 22.9. The van der Waals surface area contributed by atoms with E-state index in [-0.39, 0.29) is 42.6 Å². The molecule has 2 fully saturated rings. The number of aliphatic hydroxyl groups is 1. The van der Waals surface area contributed by atoms with Crippen LogP contribution in [0.3, 0.4) is 0 Å². The Morgan fingerprint density at radius 1 is 1.15 bits per heavy atom. The number of aromatic nitrogens is 1. The molecular weight excluding hydrogens is 385 g/mol. The van der Waals surface area contributed by atoms with Gasteiger partial charge in [0.1, 0.15) is 0 Å². The van der Waals surface area contributed by atoms with Gasteiger partial charge in [-0.25, -0.2) is 0 Å². The summed E-state index contributed by atoms with van der Waals surface area (Å²) in [6.45, 7) is 2.95. The Kier molecular flexibility index (Phi) is 7.86. The van der Waals surface area contributed by atoms with Gasteiger partial charge < -0.3 is 15.3 Å². The van der Waals surface area contributed by atoms with E-state index < -0.39 is 6.10 Å². The lowest BCUT2D eigenvalue weighted by molar-refractivity contribution is -0.135. The summed E-state index contributed by atoms with van der Waals surface area (Å²) in [5, 5.41) is 15.0. The van der Waals surface area contributed by atoms with Crippen molar-refractivity contribution in [1.29, 1.82) is 0 Å². The van der Waals surface area contributed by atoms with Crippen molar-refractivity contribution in [3.63, 3.8) is 0 Å². The van der Waals surface area contributed by atoms with E-state index in [1.165, 1.54) is 5.56 Å². The summed E-state index contributed by atoms with van der Waals surface area (Å²) < 4.78 is 0. The zero-order valence-electron chi connectivity index (χ0n) is 15.2. The molecule has 1 amide bonds. The van der Waals surface area contributed by atoms with Crippen LogP contribution in [0.15, 0.2) is 36.5 Å². The predicted octanol–water partition coefficient (Wildman–Crippen LogP) is 2.44. The third kappa shape index (κ3) is 4.72. The molecule has 2 aromatic rings. The van der Waals surface area contributed by atoms with Crippen LogP contribution >= 0.6 is 24.8 Å². The van der Waals surface area contributed by atoms with Crippen LogP contribution in [0.1, 0.15) is 18.4 Å². The van der Waals surface area contributed by atoms with Crippen molar-refractivity contribution >= 4 is 41.6 Å². The molecule has 0 aliphatic carbocycles. The lowest BCUT2D eigenvalue weighted by Crippen LogP contribution is -2.40. The van der Waals surface area contributed by atoms with Crippen LogP contribution in [-0.4, -0.2) is 53.2 Å². The topological polar surface area (TPSA) is 65.5 Å². The van der Waals surface area contributed by atoms with E-state index in [1.807, 2.05) is 35.4 Å².